The maximum atomic E-state index is 12.8. The number of ether oxygens (including phenoxy) is 2. The summed E-state index contributed by atoms with van der Waals surface area (Å²) < 4.78 is 11.0. The summed E-state index contributed by atoms with van der Waals surface area (Å²) in [7, 11) is 1.47. The molecule has 9 heteroatoms. The Balaban J connectivity index is 1.53. The molecule has 1 N–H and O–H groups in total. The lowest BCUT2D eigenvalue weighted by Crippen LogP contribution is -2.13. The predicted molar refractivity (Wildman–Crippen MR) is 115 cm³/mol. The minimum Gasteiger partial charge on any atom is -0.493 e. The maximum absolute atomic E-state index is 12.8. The number of pyridine rings is 1. The standard InChI is InChI=1S/C23H18N4O5/c1-31-19-7-5-17(12-20(19)32-21-8-6-18(13-25-21)27(29)30)26-22(28)15-3-2-4-16(11-15)23(14-24)9-10-23/h2-8,11-13H,9-10H2,1H3,(H,26,28). The number of rotatable bonds is 7. The molecule has 4 rings (SSSR count). The lowest BCUT2D eigenvalue weighted by molar-refractivity contribution is -0.385. The van der Waals surface area contributed by atoms with Gasteiger partial charge in [-0.25, -0.2) is 4.98 Å². The maximum Gasteiger partial charge on any atom is 0.287 e. The Morgan fingerprint density at radius 2 is 2.00 bits per heavy atom. The van der Waals surface area contributed by atoms with Crippen LogP contribution in [0.25, 0.3) is 0 Å². The molecule has 1 heterocycles. The molecule has 1 aromatic heterocycles. The molecule has 32 heavy (non-hydrogen) atoms. The summed E-state index contributed by atoms with van der Waals surface area (Å²) in [6, 6.07) is 16.9. The van der Waals surface area contributed by atoms with Crippen molar-refractivity contribution in [2.24, 2.45) is 0 Å². The molecule has 1 aliphatic carbocycles. The number of hydrogen-bond acceptors (Lipinski definition) is 7. The van der Waals surface area contributed by atoms with E-state index in [1.165, 1.54) is 19.2 Å². The highest BCUT2D eigenvalue weighted by Gasteiger charge is 2.45. The molecular weight excluding hydrogens is 412 g/mol. The molecule has 0 atom stereocenters. The molecule has 0 radical (unpaired) electrons. The van der Waals surface area contributed by atoms with Crippen molar-refractivity contribution >= 4 is 17.3 Å². The van der Waals surface area contributed by atoms with E-state index >= 15 is 0 Å². The van der Waals surface area contributed by atoms with E-state index in [0.29, 0.717) is 17.0 Å². The van der Waals surface area contributed by atoms with E-state index in [9.17, 15) is 20.2 Å². The first-order chi connectivity index (χ1) is 15.4. The molecular formula is C23H18N4O5. The number of anilines is 1. The number of carbonyl (C=O) groups excluding carboxylic acids is 1. The molecule has 1 fully saturated rings. The van der Waals surface area contributed by atoms with Gasteiger partial charge >= 0.3 is 0 Å². The molecule has 1 aliphatic rings. The highest BCUT2D eigenvalue weighted by molar-refractivity contribution is 6.04. The van der Waals surface area contributed by atoms with Crippen molar-refractivity contribution in [2.45, 2.75) is 18.3 Å². The zero-order valence-electron chi connectivity index (χ0n) is 17.1. The third-order valence-electron chi connectivity index (χ3n) is 5.21. The number of nitriles is 1. The normalized spacial score (nSPS) is 13.5. The topological polar surface area (TPSA) is 127 Å². The average molecular weight is 430 g/mol. The van der Waals surface area contributed by atoms with E-state index in [1.54, 1.807) is 36.4 Å². The van der Waals surface area contributed by atoms with Gasteiger partial charge < -0.3 is 14.8 Å². The first kappa shape index (κ1) is 20.8. The molecule has 0 unspecified atom stereocenters. The summed E-state index contributed by atoms with van der Waals surface area (Å²) in [6.45, 7) is 0. The van der Waals surface area contributed by atoms with E-state index in [-0.39, 0.29) is 23.2 Å². The van der Waals surface area contributed by atoms with Crippen molar-refractivity contribution in [3.63, 3.8) is 0 Å². The molecule has 0 spiro atoms. The van der Waals surface area contributed by atoms with Gasteiger partial charge in [-0.15, -0.1) is 0 Å². The lowest BCUT2D eigenvalue weighted by atomic mass is 9.96. The SMILES string of the molecule is COc1ccc(NC(=O)c2cccc(C3(C#N)CC3)c2)cc1Oc1ccc([N+](=O)[O-])cn1. The van der Waals surface area contributed by atoms with Crippen molar-refractivity contribution in [1.82, 2.24) is 4.98 Å². The van der Waals surface area contributed by atoms with Crippen LogP contribution in [0.4, 0.5) is 11.4 Å². The Labute approximate surface area is 183 Å². The number of benzene rings is 2. The molecule has 0 saturated heterocycles. The molecule has 1 amide bonds. The molecule has 0 aliphatic heterocycles. The van der Waals surface area contributed by atoms with Gasteiger partial charge in [0.15, 0.2) is 11.5 Å². The number of amides is 1. The highest BCUT2D eigenvalue weighted by Crippen LogP contribution is 2.47. The zero-order chi connectivity index (χ0) is 22.7. The number of nitrogens with one attached hydrogen (secondary N) is 1. The summed E-state index contributed by atoms with van der Waals surface area (Å²) in [5.41, 5.74) is 1.11. The summed E-state index contributed by atoms with van der Waals surface area (Å²) in [4.78, 5) is 26.9. The van der Waals surface area contributed by atoms with Gasteiger partial charge in [0.1, 0.15) is 6.20 Å². The molecule has 1 saturated carbocycles. The van der Waals surface area contributed by atoms with Crippen molar-refractivity contribution in [1.29, 1.82) is 5.26 Å². The number of carbonyl (C=O) groups is 1. The first-order valence-corrected chi connectivity index (χ1v) is 9.73. The minimum absolute atomic E-state index is 0.135. The van der Waals surface area contributed by atoms with Gasteiger partial charge in [0, 0.05) is 29.4 Å². The Bertz CT molecular complexity index is 1230. The third kappa shape index (κ3) is 4.20. The Morgan fingerprint density at radius 1 is 1.19 bits per heavy atom. The van der Waals surface area contributed by atoms with Crippen LogP contribution in [0.15, 0.2) is 60.8 Å². The number of nitro groups is 1. The average Bonchev–Trinajstić information content (AvgIpc) is 3.61. The van der Waals surface area contributed by atoms with Crippen LogP contribution in [-0.4, -0.2) is 22.9 Å². The Kier molecular flexibility index (Phi) is 5.43. The second-order valence-corrected chi connectivity index (χ2v) is 7.31. The second-order valence-electron chi connectivity index (χ2n) is 7.31. The van der Waals surface area contributed by atoms with E-state index in [4.69, 9.17) is 9.47 Å². The van der Waals surface area contributed by atoms with Crippen LogP contribution in [0.5, 0.6) is 17.4 Å². The van der Waals surface area contributed by atoms with E-state index < -0.39 is 10.3 Å². The fourth-order valence-electron chi connectivity index (χ4n) is 3.24. The van der Waals surface area contributed by atoms with Crippen molar-refractivity contribution in [3.05, 3.63) is 82.0 Å². The minimum atomic E-state index is -0.551. The highest BCUT2D eigenvalue weighted by atomic mass is 16.6. The van der Waals surface area contributed by atoms with Gasteiger partial charge in [-0.05, 0) is 42.7 Å². The van der Waals surface area contributed by atoms with Crippen molar-refractivity contribution in [3.8, 4) is 23.4 Å². The van der Waals surface area contributed by atoms with Crippen LogP contribution in [0.3, 0.4) is 0 Å². The smallest absolute Gasteiger partial charge is 0.287 e. The number of nitrogens with zero attached hydrogens (tertiary/aromatic N) is 3. The predicted octanol–water partition coefficient (Wildman–Crippen LogP) is 4.60. The van der Waals surface area contributed by atoms with Crippen LogP contribution >= 0.6 is 0 Å². The fraction of sp³-hybridized carbons (Fsp3) is 0.174. The third-order valence-corrected chi connectivity index (χ3v) is 5.21. The van der Waals surface area contributed by atoms with Gasteiger partial charge in [0.2, 0.25) is 5.88 Å². The van der Waals surface area contributed by atoms with Gasteiger partial charge in [0.05, 0.1) is 23.5 Å². The van der Waals surface area contributed by atoms with E-state index in [2.05, 4.69) is 16.4 Å². The number of hydrogen-bond donors (Lipinski definition) is 1. The van der Waals surface area contributed by atoms with E-state index in [1.807, 2.05) is 6.07 Å². The zero-order valence-corrected chi connectivity index (χ0v) is 17.1. The van der Waals surface area contributed by atoms with Crippen molar-refractivity contribution in [2.75, 3.05) is 12.4 Å². The quantitative estimate of drug-likeness (QED) is 0.429. The second kappa shape index (κ2) is 8.35. The van der Waals surface area contributed by atoms with Crippen molar-refractivity contribution < 1.29 is 19.2 Å². The van der Waals surface area contributed by atoms with Gasteiger partial charge in [0.25, 0.3) is 11.6 Å². The summed E-state index contributed by atoms with van der Waals surface area (Å²) >= 11 is 0. The van der Waals surface area contributed by atoms with Gasteiger partial charge in [-0.1, -0.05) is 12.1 Å². The van der Waals surface area contributed by atoms with Crippen LogP contribution < -0.4 is 14.8 Å². The van der Waals surface area contributed by atoms with Crippen LogP contribution in [0, 0.1) is 21.4 Å². The van der Waals surface area contributed by atoms with Gasteiger partial charge in [-0.2, -0.15) is 5.26 Å². The molecule has 0 bridgehead atoms. The fourth-order valence-corrected chi connectivity index (χ4v) is 3.24. The van der Waals surface area contributed by atoms with E-state index in [0.717, 1.165) is 24.6 Å². The lowest BCUT2D eigenvalue weighted by Gasteiger charge is -2.13. The van der Waals surface area contributed by atoms with Crippen LogP contribution in [0.2, 0.25) is 0 Å². The molecule has 3 aromatic rings. The number of methoxy groups -OCH3 is 1. The summed E-state index contributed by atoms with van der Waals surface area (Å²) in [5, 5.41) is 23.0. The summed E-state index contributed by atoms with van der Waals surface area (Å²) in [6.07, 6.45) is 2.68. The van der Waals surface area contributed by atoms with Gasteiger partial charge in [-0.3, -0.25) is 14.9 Å². The first-order valence-electron chi connectivity index (χ1n) is 9.73. The molecule has 160 valence electrons. The largest absolute Gasteiger partial charge is 0.493 e. The summed E-state index contributed by atoms with van der Waals surface area (Å²) in [5.74, 6) is 0.484. The molecule has 2 aromatic carbocycles. The van der Waals surface area contributed by atoms with Crippen LogP contribution in [0.1, 0.15) is 28.8 Å². The molecule has 9 nitrogen and oxygen atoms in total. The monoisotopic (exact) mass is 430 g/mol. The number of aromatic nitrogens is 1. The Hall–Kier alpha value is -4.45. The van der Waals surface area contributed by atoms with Crippen LogP contribution in [-0.2, 0) is 5.41 Å². The Morgan fingerprint density at radius 3 is 2.62 bits per heavy atom.